The zero-order valence-corrected chi connectivity index (χ0v) is 18.3. The smallest absolute Gasteiger partial charge is 0.285 e. The van der Waals surface area contributed by atoms with Crippen LogP contribution < -0.4 is 10.1 Å². The first-order valence-electron chi connectivity index (χ1n) is 10.0. The number of nitrogens with zero attached hydrogens (tertiary/aromatic N) is 2. The molecule has 0 aliphatic carbocycles. The second-order valence-electron chi connectivity index (χ2n) is 7.65. The Hall–Kier alpha value is -2.35. The number of likely N-dealkylation sites (tertiary alicyclic amines) is 1. The molecular weight excluding hydrogens is 390 g/mol. The molecule has 1 fully saturated rings. The average Bonchev–Trinajstić information content (AvgIpc) is 2.96. The summed E-state index contributed by atoms with van der Waals surface area (Å²) in [7, 11) is -2.18. The number of benzene rings is 1. The van der Waals surface area contributed by atoms with Gasteiger partial charge in [-0.15, -0.1) is 4.40 Å². The quantitative estimate of drug-likeness (QED) is 0.793. The molecule has 7 nitrogen and oxygen atoms in total. The van der Waals surface area contributed by atoms with E-state index in [0.29, 0.717) is 48.7 Å². The molecular formula is C21H29N3O4S. The van der Waals surface area contributed by atoms with E-state index in [1.54, 1.807) is 38.3 Å². The molecule has 1 N–H and O–H groups in total. The van der Waals surface area contributed by atoms with Crippen LogP contribution >= 0.6 is 0 Å². The van der Waals surface area contributed by atoms with Crippen molar-refractivity contribution in [2.45, 2.75) is 46.1 Å². The number of ether oxygens (including phenoxy) is 1. The minimum atomic E-state index is -3.75. The summed E-state index contributed by atoms with van der Waals surface area (Å²) in [6.07, 6.45) is 2.27. The zero-order valence-electron chi connectivity index (χ0n) is 17.4. The molecule has 29 heavy (non-hydrogen) atoms. The highest BCUT2D eigenvalue weighted by Crippen LogP contribution is 2.35. The number of nitrogens with one attached hydrogen (secondary N) is 1. The fourth-order valence-electron chi connectivity index (χ4n) is 3.74. The molecule has 1 aromatic rings. The number of amides is 1. The Morgan fingerprint density at radius 3 is 2.45 bits per heavy atom. The molecule has 1 saturated heterocycles. The van der Waals surface area contributed by atoms with Gasteiger partial charge in [0.1, 0.15) is 16.5 Å². The number of carbonyl (C=O) groups excluding carboxylic acids is 1. The fraction of sp³-hybridized carbons (Fsp3) is 0.524. The maximum atomic E-state index is 12.7. The normalized spacial score (nSPS) is 20.4. The summed E-state index contributed by atoms with van der Waals surface area (Å²) >= 11 is 0. The molecule has 0 radical (unpaired) electrons. The van der Waals surface area contributed by atoms with Gasteiger partial charge in [0.25, 0.3) is 10.0 Å². The molecule has 2 aliphatic rings. The molecule has 2 aliphatic heterocycles. The summed E-state index contributed by atoms with van der Waals surface area (Å²) in [4.78, 5) is 14.6. The molecule has 0 spiro atoms. The van der Waals surface area contributed by atoms with Crippen molar-refractivity contribution in [1.29, 1.82) is 0 Å². The van der Waals surface area contributed by atoms with Gasteiger partial charge in [0.15, 0.2) is 0 Å². The molecule has 1 unspecified atom stereocenters. The van der Waals surface area contributed by atoms with E-state index >= 15 is 0 Å². The van der Waals surface area contributed by atoms with E-state index in [1.807, 2.05) is 18.7 Å². The van der Waals surface area contributed by atoms with Crippen LogP contribution in [0.15, 0.2) is 34.2 Å². The van der Waals surface area contributed by atoms with Crippen LogP contribution in [0.4, 0.5) is 0 Å². The molecule has 0 bridgehead atoms. The van der Waals surface area contributed by atoms with Crippen LogP contribution in [0.25, 0.3) is 4.91 Å². The van der Waals surface area contributed by atoms with E-state index in [-0.39, 0.29) is 22.8 Å². The highest BCUT2D eigenvalue weighted by atomic mass is 32.2. The van der Waals surface area contributed by atoms with Gasteiger partial charge in [0.05, 0.1) is 7.11 Å². The Labute approximate surface area is 172 Å². The minimum absolute atomic E-state index is 0.0378. The van der Waals surface area contributed by atoms with Crippen LogP contribution in [0.3, 0.4) is 0 Å². The lowest BCUT2D eigenvalue weighted by Crippen LogP contribution is -2.44. The monoisotopic (exact) mass is 419 g/mol. The number of piperidine rings is 1. The van der Waals surface area contributed by atoms with Crippen LogP contribution in [0, 0.1) is 5.92 Å². The molecule has 0 saturated carbocycles. The Morgan fingerprint density at radius 1 is 1.28 bits per heavy atom. The van der Waals surface area contributed by atoms with Crippen molar-refractivity contribution in [3.63, 3.8) is 0 Å². The second kappa shape index (κ2) is 8.57. The van der Waals surface area contributed by atoms with Gasteiger partial charge in [-0.05, 0) is 62.9 Å². The van der Waals surface area contributed by atoms with Crippen LogP contribution in [0.5, 0.6) is 5.75 Å². The van der Waals surface area contributed by atoms with Crippen LogP contribution in [-0.2, 0) is 14.8 Å². The third kappa shape index (κ3) is 4.47. The zero-order chi connectivity index (χ0) is 21.2. The van der Waals surface area contributed by atoms with E-state index in [9.17, 15) is 13.2 Å². The van der Waals surface area contributed by atoms with E-state index in [0.717, 1.165) is 6.42 Å². The third-order valence-electron chi connectivity index (χ3n) is 5.66. The van der Waals surface area contributed by atoms with Crippen LogP contribution in [0.1, 0.15) is 45.6 Å². The van der Waals surface area contributed by atoms with Gasteiger partial charge in [-0.2, -0.15) is 8.42 Å². The van der Waals surface area contributed by atoms with Gasteiger partial charge >= 0.3 is 0 Å². The highest BCUT2D eigenvalue weighted by Gasteiger charge is 2.35. The predicted molar refractivity (Wildman–Crippen MR) is 114 cm³/mol. The van der Waals surface area contributed by atoms with Gasteiger partial charge in [-0.1, -0.05) is 6.92 Å². The van der Waals surface area contributed by atoms with Gasteiger partial charge in [-0.3, -0.25) is 4.79 Å². The minimum Gasteiger partial charge on any atom is -0.497 e. The number of carbonyl (C=O) groups is 1. The number of amidine groups is 1. The van der Waals surface area contributed by atoms with Gasteiger partial charge in [0.2, 0.25) is 5.91 Å². The van der Waals surface area contributed by atoms with Crippen molar-refractivity contribution in [2.75, 3.05) is 20.2 Å². The number of hydrogen-bond donors (Lipinski definition) is 1. The lowest BCUT2D eigenvalue weighted by Gasteiger charge is -2.33. The largest absolute Gasteiger partial charge is 0.497 e. The Balaban J connectivity index is 1.75. The van der Waals surface area contributed by atoms with Crippen LogP contribution in [0.2, 0.25) is 0 Å². The first kappa shape index (κ1) is 21.4. The van der Waals surface area contributed by atoms with Crippen LogP contribution in [-0.4, -0.2) is 51.3 Å². The summed E-state index contributed by atoms with van der Waals surface area (Å²) in [5, 5.41) is 3.04. The van der Waals surface area contributed by atoms with Gasteiger partial charge < -0.3 is 15.0 Å². The standard InChI is InChI=1S/C21H29N3O4S/c1-5-14(2)22-21(25)17-10-12-24(13-11-17)20-15(3)19(29(26,27)23-20)16-6-8-18(28-4)9-7-16/h6-9,14,17H,5,10-13H2,1-4H3,(H,22,25). The first-order valence-corrected chi connectivity index (χ1v) is 11.5. The van der Waals surface area contributed by atoms with E-state index in [4.69, 9.17) is 4.74 Å². The van der Waals surface area contributed by atoms with Crippen molar-refractivity contribution in [1.82, 2.24) is 10.2 Å². The fourth-order valence-corrected chi connectivity index (χ4v) is 5.23. The number of methoxy groups -OCH3 is 1. The van der Waals surface area contributed by atoms with Crippen molar-refractivity contribution >= 4 is 26.7 Å². The van der Waals surface area contributed by atoms with Crippen molar-refractivity contribution < 1.29 is 17.9 Å². The summed E-state index contributed by atoms with van der Waals surface area (Å²) in [5.41, 5.74) is 1.25. The summed E-state index contributed by atoms with van der Waals surface area (Å²) in [6, 6.07) is 7.12. The Bertz CT molecular complexity index is 927. The summed E-state index contributed by atoms with van der Waals surface area (Å²) < 4.78 is 34.7. The lowest BCUT2D eigenvalue weighted by atomic mass is 9.95. The molecule has 158 valence electrons. The lowest BCUT2D eigenvalue weighted by molar-refractivity contribution is -0.126. The number of rotatable bonds is 5. The summed E-state index contributed by atoms with van der Waals surface area (Å²) in [6.45, 7) is 7.06. The second-order valence-corrected chi connectivity index (χ2v) is 9.19. The maximum absolute atomic E-state index is 12.7. The number of sulfonamides is 1. The van der Waals surface area contributed by atoms with Crippen molar-refractivity contribution in [2.24, 2.45) is 10.3 Å². The van der Waals surface area contributed by atoms with E-state index in [1.165, 1.54) is 0 Å². The molecule has 1 atom stereocenters. The van der Waals surface area contributed by atoms with E-state index < -0.39 is 10.0 Å². The molecule has 3 rings (SSSR count). The average molecular weight is 420 g/mol. The first-order chi connectivity index (χ1) is 13.8. The SMILES string of the molecule is CCC(C)NC(=O)C1CCN(C2=NS(=O)(=O)C(c3ccc(OC)cc3)=C2C)CC1. The topological polar surface area (TPSA) is 88.1 Å². The van der Waals surface area contributed by atoms with Crippen molar-refractivity contribution in [3.05, 3.63) is 35.4 Å². The molecule has 0 aromatic heterocycles. The summed E-state index contributed by atoms with van der Waals surface area (Å²) in [5.74, 6) is 1.22. The molecule has 1 amide bonds. The maximum Gasteiger partial charge on any atom is 0.285 e. The molecule has 2 heterocycles. The van der Waals surface area contributed by atoms with E-state index in [2.05, 4.69) is 9.71 Å². The highest BCUT2D eigenvalue weighted by molar-refractivity contribution is 8.00. The van der Waals surface area contributed by atoms with Crippen molar-refractivity contribution in [3.8, 4) is 5.75 Å². The third-order valence-corrected chi connectivity index (χ3v) is 7.13. The predicted octanol–water partition coefficient (Wildman–Crippen LogP) is 2.79. The molecule has 1 aromatic carbocycles. The molecule has 8 heteroatoms. The van der Waals surface area contributed by atoms with Gasteiger partial charge in [-0.25, -0.2) is 0 Å². The number of hydrogen-bond acceptors (Lipinski definition) is 5. The Kier molecular flexibility index (Phi) is 6.31. The van der Waals surface area contributed by atoms with Gasteiger partial charge in [0, 0.05) is 30.6 Å². The Morgan fingerprint density at radius 2 is 1.90 bits per heavy atom.